The van der Waals surface area contributed by atoms with Crippen molar-refractivity contribution in [2.75, 3.05) is 20.3 Å². The van der Waals surface area contributed by atoms with Gasteiger partial charge < -0.3 is 14.6 Å². The fourth-order valence-electron chi connectivity index (χ4n) is 1.45. The minimum absolute atomic E-state index is 0.177. The number of hydrogen-bond donors (Lipinski definition) is 2. The van der Waals surface area contributed by atoms with Gasteiger partial charge in [0.05, 0.1) is 7.11 Å². The van der Waals surface area contributed by atoms with Gasteiger partial charge in [-0.05, 0) is 36.3 Å². The number of esters is 1. The third-order valence-corrected chi connectivity index (χ3v) is 2.68. The minimum atomic E-state index is -0.779. The van der Waals surface area contributed by atoms with Gasteiger partial charge in [-0.15, -0.1) is 0 Å². The van der Waals surface area contributed by atoms with E-state index in [0.717, 1.165) is 11.3 Å². The summed E-state index contributed by atoms with van der Waals surface area (Å²) in [5.74, 6) is 0.328. The summed E-state index contributed by atoms with van der Waals surface area (Å²) >= 11 is 0. The summed E-state index contributed by atoms with van der Waals surface area (Å²) in [5.41, 5.74) is 1.49. The van der Waals surface area contributed by atoms with E-state index < -0.39 is 12.2 Å². The van der Waals surface area contributed by atoms with Gasteiger partial charge in [0.15, 0.2) is 0 Å². The monoisotopic (exact) mass is 291 g/mol. The summed E-state index contributed by atoms with van der Waals surface area (Å²) in [6, 6.07) is 7.31. The van der Waals surface area contributed by atoms with Gasteiger partial charge in [-0.2, -0.15) is 0 Å². The second kappa shape index (κ2) is 8.94. The van der Waals surface area contributed by atoms with E-state index in [1.54, 1.807) is 20.1 Å². The van der Waals surface area contributed by atoms with Crippen molar-refractivity contribution in [1.29, 1.82) is 0 Å². The van der Waals surface area contributed by atoms with E-state index in [0.29, 0.717) is 12.1 Å². The van der Waals surface area contributed by atoms with Gasteiger partial charge in [-0.3, -0.25) is 5.32 Å². The summed E-state index contributed by atoms with van der Waals surface area (Å²) in [4.78, 5) is 11.5. The van der Waals surface area contributed by atoms with Crippen LogP contribution >= 0.6 is 0 Å². The molecule has 0 aliphatic rings. The topological polar surface area (TPSA) is 67.8 Å². The molecule has 1 atom stereocenters. The molecule has 114 valence electrons. The summed E-state index contributed by atoms with van der Waals surface area (Å²) < 4.78 is 10.0. The molecule has 2 N–H and O–H groups in total. The van der Waals surface area contributed by atoms with E-state index in [9.17, 15) is 9.90 Å². The van der Waals surface area contributed by atoms with E-state index in [4.69, 9.17) is 9.47 Å². The van der Waals surface area contributed by atoms with Gasteiger partial charge in [0.2, 0.25) is 0 Å². The van der Waals surface area contributed by atoms with E-state index in [1.807, 2.05) is 24.3 Å². The second-order valence-corrected chi connectivity index (χ2v) is 4.48. The highest BCUT2D eigenvalue weighted by atomic mass is 16.5. The first-order valence-corrected chi connectivity index (χ1v) is 6.58. The number of aliphatic hydroxyl groups is 1. The Bertz CT molecular complexity index is 494. The van der Waals surface area contributed by atoms with Crippen LogP contribution in [0.2, 0.25) is 0 Å². The van der Waals surface area contributed by atoms with Crippen molar-refractivity contribution in [3.05, 3.63) is 48.1 Å². The number of carbonyl (C=O) groups excluding carboxylic acids is 1. The molecule has 21 heavy (non-hydrogen) atoms. The quantitative estimate of drug-likeness (QED) is 0.251. The molecule has 0 radical (unpaired) electrons. The Morgan fingerprint density at radius 3 is 2.67 bits per heavy atom. The number of ether oxygens (including phenoxy) is 2. The first-order chi connectivity index (χ1) is 10.0. The van der Waals surface area contributed by atoms with Crippen LogP contribution in [0.25, 0.3) is 6.08 Å². The first-order valence-electron chi connectivity index (χ1n) is 6.58. The van der Waals surface area contributed by atoms with Crippen molar-refractivity contribution >= 4 is 12.0 Å². The number of benzene rings is 1. The third-order valence-electron chi connectivity index (χ3n) is 2.68. The average molecular weight is 291 g/mol. The number of hydrogen-bond acceptors (Lipinski definition) is 5. The van der Waals surface area contributed by atoms with E-state index in [1.165, 1.54) is 6.08 Å². The maximum Gasteiger partial charge on any atom is 0.330 e. The van der Waals surface area contributed by atoms with Crippen molar-refractivity contribution in [3.63, 3.8) is 0 Å². The normalized spacial score (nSPS) is 12.1. The molecule has 5 nitrogen and oxygen atoms in total. The number of aliphatic hydroxyl groups excluding tert-OH is 1. The molecule has 1 rings (SSSR count). The van der Waals surface area contributed by atoms with Gasteiger partial charge in [-0.25, -0.2) is 4.79 Å². The molecule has 5 heteroatoms. The molecular formula is C16H21NO4. The molecule has 0 fully saturated rings. The van der Waals surface area contributed by atoms with E-state index in [2.05, 4.69) is 11.9 Å². The average Bonchev–Trinajstić information content (AvgIpc) is 2.49. The molecule has 0 spiro atoms. The lowest BCUT2D eigenvalue weighted by molar-refractivity contribution is -0.137. The zero-order chi connectivity index (χ0) is 15.7. The van der Waals surface area contributed by atoms with Gasteiger partial charge in [0.25, 0.3) is 0 Å². The maximum absolute atomic E-state index is 11.5. The Morgan fingerprint density at radius 1 is 1.43 bits per heavy atom. The molecule has 1 aromatic carbocycles. The molecule has 1 unspecified atom stereocenters. The number of methoxy groups -OCH3 is 1. The molecule has 0 saturated heterocycles. The van der Waals surface area contributed by atoms with Crippen molar-refractivity contribution in [2.24, 2.45) is 0 Å². The largest absolute Gasteiger partial charge is 0.497 e. The van der Waals surface area contributed by atoms with Crippen LogP contribution in [-0.4, -0.2) is 37.6 Å². The van der Waals surface area contributed by atoms with Crippen LogP contribution in [0.1, 0.15) is 12.5 Å². The third kappa shape index (κ3) is 6.74. The van der Waals surface area contributed by atoms with Crippen molar-refractivity contribution in [3.8, 4) is 5.75 Å². The van der Waals surface area contributed by atoms with Crippen LogP contribution in [0.5, 0.6) is 5.75 Å². The molecular weight excluding hydrogens is 270 g/mol. The summed E-state index contributed by atoms with van der Waals surface area (Å²) in [6.07, 6.45) is 2.24. The van der Waals surface area contributed by atoms with Crippen LogP contribution in [0.3, 0.4) is 0 Å². The molecule has 0 bridgehead atoms. The zero-order valence-electron chi connectivity index (χ0n) is 12.3. The summed E-state index contributed by atoms with van der Waals surface area (Å²) in [5, 5.41) is 12.2. The van der Waals surface area contributed by atoms with Crippen LogP contribution < -0.4 is 10.1 Å². The lowest BCUT2D eigenvalue weighted by Gasteiger charge is -2.11. The fraction of sp³-hybridized carbons (Fsp3) is 0.312. The number of rotatable bonds is 8. The first kappa shape index (κ1) is 16.9. The summed E-state index contributed by atoms with van der Waals surface area (Å²) in [6.45, 7) is 5.85. The highest BCUT2D eigenvalue weighted by molar-refractivity contribution is 5.87. The predicted octanol–water partition coefficient (Wildman–Crippen LogP) is 1.74. The lowest BCUT2D eigenvalue weighted by Crippen LogP contribution is -2.32. The predicted molar refractivity (Wildman–Crippen MR) is 81.8 cm³/mol. The molecule has 0 heterocycles. The smallest absolute Gasteiger partial charge is 0.330 e. The van der Waals surface area contributed by atoms with Gasteiger partial charge in [0, 0.05) is 12.6 Å². The SMILES string of the molecule is C=C(C)C(O)NCCOC(=O)/C=C/c1ccc(OC)cc1. The molecule has 0 aromatic heterocycles. The van der Waals surface area contributed by atoms with Gasteiger partial charge in [0.1, 0.15) is 18.6 Å². The molecule has 1 aromatic rings. The number of nitrogens with one attached hydrogen (secondary N) is 1. The van der Waals surface area contributed by atoms with Crippen molar-refractivity contribution in [2.45, 2.75) is 13.2 Å². The molecule has 0 saturated carbocycles. The fourth-order valence-corrected chi connectivity index (χ4v) is 1.45. The Hall–Kier alpha value is -2.11. The Morgan fingerprint density at radius 2 is 2.10 bits per heavy atom. The van der Waals surface area contributed by atoms with Crippen molar-refractivity contribution in [1.82, 2.24) is 5.32 Å². The van der Waals surface area contributed by atoms with Crippen LogP contribution in [0.4, 0.5) is 0 Å². The number of carbonyl (C=O) groups is 1. The summed E-state index contributed by atoms with van der Waals surface area (Å²) in [7, 11) is 1.60. The maximum atomic E-state index is 11.5. The highest BCUT2D eigenvalue weighted by Gasteiger charge is 2.03. The standard InChI is InChI=1S/C16H21NO4/c1-12(2)16(19)17-10-11-21-15(18)9-6-13-4-7-14(20-3)8-5-13/h4-9,16-17,19H,1,10-11H2,2-3H3/b9-6+. The van der Waals surface area contributed by atoms with Gasteiger partial charge in [-0.1, -0.05) is 18.7 Å². The van der Waals surface area contributed by atoms with Crippen LogP contribution in [-0.2, 0) is 9.53 Å². The van der Waals surface area contributed by atoms with E-state index >= 15 is 0 Å². The zero-order valence-corrected chi connectivity index (χ0v) is 12.3. The van der Waals surface area contributed by atoms with Crippen molar-refractivity contribution < 1.29 is 19.4 Å². The highest BCUT2D eigenvalue weighted by Crippen LogP contribution is 2.12. The lowest BCUT2D eigenvalue weighted by atomic mass is 10.2. The van der Waals surface area contributed by atoms with Gasteiger partial charge >= 0.3 is 5.97 Å². The van der Waals surface area contributed by atoms with Crippen LogP contribution in [0, 0.1) is 0 Å². The molecule has 0 aliphatic heterocycles. The molecule has 0 aliphatic carbocycles. The minimum Gasteiger partial charge on any atom is -0.497 e. The Kier molecular flexibility index (Phi) is 7.21. The van der Waals surface area contributed by atoms with E-state index in [-0.39, 0.29) is 6.61 Å². The molecule has 0 amide bonds. The Labute approximate surface area is 124 Å². The van der Waals surface area contributed by atoms with Crippen LogP contribution in [0.15, 0.2) is 42.5 Å². The second-order valence-electron chi connectivity index (χ2n) is 4.48. The Balaban J connectivity index is 2.29.